The van der Waals surface area contributed by atoms with E-state index in [9.17, 15) is 4.79 Å². The Bertz CT molecular complexity index is 285. The van der Waals surface area contributed by atoms with Crippen LogP contribution in [0.4, 0.5) is 0 Å². The maximum absolute atomic E-state index is 12.6. The molecule has 2 rings (SSSR count). The molecule has 2 N–H and O–H groups in total. The summed E-state index contributed by atoms with van der Waals surface area (Å²) in [7, 11) is 0. The van der Waals surface area contributed by atoms with E-state index in [4.69, 9.17) is 5.73 Å². The lowest BCUT2D eigenvalue weighted by atomic mass is 9.90. The molecule has 2 aliphatic rings. The van der Waals surface area contributed by atoms with Gasteiger partial charge in [0.25, 0.3) is 0 Å². The van der Waals surface area contributed by atoms with E-state index in [0.29, 0.717) is 11.8 Å². The van der Waals surface area contributed by atoms with Crippen molar-refractivity contribution in [3.63, 3.8) is 0 Å². The van der Waals surface area contributed by atoms with Crippen LogP contribution in [0.5, 0.6) is 0 Å². The number of likely N-dealkylation sites (tertiary alicyclic amines) is 1. The predicted molar refractivity (Wildman–Crippen MR) is 81.4 cm³/mol. The Labute approximate surface area is 123 Å². The van der Waals surface area contributed by atoms with Gasteiger partial charge in [0.05, 0.1) is 5.92 Å². The summed E-state index contributed by atoms with van der Waals surface area (Å²) in [4.78, 5) is 14.7. The zero-order valence-corrected chi connectivity index (χ0v) is 13.0. The number of nitrogens with zero attached hydrogens (tertiary/aromatic N) is 1. The predicted octanol–water partition coefficient (Wildman–Crippen LogP) is 2.96. The minimum absolute atomic E-state index is 0. The van der Waals surface area contributed by atoms with Crippen LogP contribution in [0.1, 0.15) is 58.3 Å². The van der Waals surface area contributed by atoms with Crippen LogP contribution in [0.15, 0.2) is 0 Å². The Balaban J connectivity index is 0.00000180. The van der Waals surface area contributed by atoms with Crippen molar-refractivity contribution in [2.45, 2.75) is 64.3 Å². The second kappa shape index (κ2) is 8.11. The standard InChI is InChI=1S/C15H28N2O.ClH/c1-2-12-7-6-10-17(11-12)15(18)13-8-4-3-5-9-14(13)16;/h12-14H,2-11,16H2,1H3;1H. The van der Waals surface area contributed by atoms with Gasteiger partial charge in [-0.3, -0.25) is 4.79 Å². The summed E-state index contributed by atoms with van der Waals surface area (Å²) in [5, 5.41) is 0. The van der Waals surface area contributed by atoms with E-state index in [1.807, 2.05) is 0 Å². The lowest BCUT2D eigenvalue weighted by Gasteiger charge is -2.35. The second-order valence-electron chi connectivity index (χ2n) is 6.11. The summed E-state index contributed by atoms with van der Waals surface area (Å²) < 4.78 is 0. The van der Waals surface area contributed by atoms with Crippen molar-refractivity contribution >= 4 is 18.3 Å². The molecule has 3 nitrogen and oxygen atoms in total. The van der Waals surface area contributed by atoms with Crippen LogP contribution in [0.2, 0.25) is 0 Å². The highest BCUT2D eigenvalue weighted by Crippen LogP contribution is 2.27. The quantitative estimate of drug-likeness (QED) is 0.794. The molecular weight excluding hydrogens is 260 g/mol. The Hall–Kier alpha value is -0.280. The van der Waals surface area contributed by atoms with Crippen molar-refractivity contribution in [3.05, 3.63) is 0 Å². The number of nitrogens with two attached hydrogens (primary N) is 1. The van der Waals surface area contributed by atoms with Crippen LogP contribution < -0.4 is 5.73 Å². The topological polar surface area (TPSA) is 46.3 Å². The molecule has 1 saturated carbocycles. The maximum atomic E-state index is 12.6. The first-order valence-electron chi connectivity index (χ1n) is 7.76. The third kappa shape index (κ3) is 4.35. The monoisotopic (exact) mass is 288 g/mol. The minimum Gasteiger partial charge on any atom is -0.342 e. The molecule has 0 radical (unpaired) electrons. The fourth-order valence-electron chi connectivity index (χ4n) is 3.48. The molecule has 3 atom stereocenters. The fraction of sp³-hybridized carbons (Fsp3) is 0.933. The molecule has 0 bridgehead atoms. The Morgan fingerprint density at radius 3 is 2.63 bits per heavy atom. The van der Waals surface area contributed by atoms with Crippen LogP contribution in [-0.4, -0.2) is 29.9 Å². The number of carbonyl (C=O) groups is 1. The molecule has 0 aromatic heterocycles. The van der Waals surface area contributed by atoms with Crippen molar-refractivity contribution in [2.24, 2.45) is 17.6 Å². The summed E-state index contributed by atoms with van der Waals surface area (Å²) in [6.07, 6.45) is 9.31. The first-order valence-corrected chi connectivity index (χ1v) is 7.76. The van der Waals surface area contributed by atoms with E-state index in [1.165, 1.54) is 38.5 Å². The van der Waals surface area contributed by atoms with Crippen molar-refractivity contribution in [3.8, 4) is 0 Å². The van der Waals surface area contributed by atoms with E-state index in [-0.39, 0.29) is 24.4 Å². The second-order valence-corrected chi connectivity index (χ2v) is 6.11. The van der Waals surface area contributed by atoms with Crippen LogP contribution in [0, 0.1) is 11.8 Å². The van der Waals surface area contributed by atoms with Crippen molar-refractivity contribution in [1.82, 2.24) is 4.90 Å². The van der Waals surface area contributed by atoms with E-state index in [2.05, 4.69) is 11.8 Å². The van der Waals surface area contributed by atoms with Crippen LogP contribution in [0.3, 0.4) is 0 Å². The third-order valence-corrected chi connectivity index (χ3v) is 4.79. The minimum atomic E-state index is 0. The van der Waals surface area contributed by atoms with Crippen LogP contribution >= 0.6 is 12.4 Å². The van der Waals surface area contributed by atoms with Crippen molar-refractivity contribution < 1.29 is 4.79 Å². The highest BCUT2D eigenvalue weighted by Gasteiger charge is 2.32. The highest BCUT2D eigenvalue weighted by molar-refractivity contribution is 5.85. The van der Waals surface area contributed by atoms with Gasteiger partial charge in [0.15, 0.2) is 0 Å². The largest absolute Gasteiger partial charge is 0.342 e. The highest BCUT2D eigenvalue weighted by atomic mass is 35.5. The molecule has 1 aliphatic heterocycles. The summed E-state index contributed by atoms with van der Waals surface area (Å²) in [5.74, 6) is 1.16. The number of amides is 1. The van der Waals surface area contributed by atoms with Gasteiger partial charge in [-0.1, -0.05) is 32.6 Å². The molecule has 4 heteroatoms. The molecular formula is C15H29ClN2O. The van der Waals surface area contributed by atoms with Gasteiger partial charge in [-0.25, -0.2) is 0 Å². The molecule has 0 aromatic carbocycles. The molecule has 19 heavy (non-hydrogen) atoms. The van der Waals surface area contributed by atoms with Crippen molar-refractivity contribution in [1.29, 1.82) is 0 Å². The number of halogens is 1. The van der Waals surface area contributed by atoms with E-state index >= 15 is 0 Å². The zero-order chi connectivity index (χ0) is 13.0. The van der Waals surface area contributed by atoms with Gasteiger partial charge >= 0.3 is 0 Å². The van der Waals surface area contributed by atoms with Gasteiger partial charge in [0, 0.05) is 19.1 Å². The number of carbonyl (C=O) groups excluding carboxylic acids is 1. The first-order chi connectivity index (χ1) is 8.72. The average molecular weight is 289 g/mol. The number of hydrogen-bond donors (Lipinski definition) is 1. The van der Waals surface area contributed by atoms with Gasteiger partial charge in [0.1, 0.15) is 0 Å². The third-order valence-electron chi connectivity index (χ3n) is 4.79. The normalized spacial score (nSPS) is 32.3. The molecule has 1 aliphatic carbocycles. The number of rotatable bonds is 2. The van der Waals surface area contributed by atoms with Gasteiger partial charge in [0.2, 0.25) is 5.91 Å². The van der Waals surface area contributed by atoms with Crippen LogP contribution in [-0.2, 0) is 4.79 Å². The summed E-state index contributed by atoms with van der Waals surface area (Å²) in [6, 6.07) is 0.0991. The smallest absolute Gasteiger partial charge is 0.227 e. The fourth-order valence-corrected chi connectivity index (χ4v) is 3.48. The average Bonchev–Trinajstić information content (AvgIpc) is 2.62. The number of hydrogen-bond acceptors (Lipinski definition) is 2. The number of piperidine rings is 1. The summed E-state index contributed by atoms with van der Waals surface area (Å²) in [6.45, 7) is 4.16. The van der Waals surface area contributed by atoms with Gasteiger partial charge in [-0.2, -0.15) is 0 Å². The Morgan fingerprint density at radius 1 is 1.16 bits per heavy atom. The molecule has 0 aromatic rings. The first kappa shape index (κ1) is 16.8. The van der Waals surface area contributed by atoms with E-state index in [1.54, 1.807) is 0 Å². The Morgan fingerprint density at radius 2 is 1.89 bits per heavy atom. The lowest BCUT2D eigenvalue weighted by Crippen LogP contribution is -2.47. The SMILES string of the molecule is CCC1CCCN(C(=O)C2CCCCCC2N)C1.Cl. The van der Waals surface area contributed by atoms with Gasteiger partial charge < -0.3 is 10.6 Å². The van der Waals surface area contributed by atoms with Crippen molar-refractivity contribution in [2.75, 3.05) is 13.1 Å². The van der Waals surface area contributed by atoms with Crippen LogP contribution in [0.25, 0.3) is 0 Å². The molecule has 0 spiro atoms. The Kier molecular flexibility index (Phi) is 7.16. The van der Waals surface area contributed by atoms with E-state index in [0.717, 1.165) is 25.9 Å². The molecule has 1 amide bonds. The maximum Gasteiger partial charge on any atom is 0.227 e. The molecule has 112 valence electrons. The molecule has 1 heterocycles. The molecule has 3 unspecified atom stereocenters. The lowest BCUT2D eigenvalue weighted by molar-refractivity contribution is -0.138. The summed E-state index contributed by atoms with van der Waals surface area (Å²) in [5.41, 5.74) is 6.21. The summed E-state index contributed by atoms with van der Waals surface area (Å²) >= 11 is 0. The molecule has 1 saturated heterocycles. The van der Waals surface area contributed by atoms with Gasteiger partial charge in [-0.15, -0.1) is 12.4 Å². The molecule has 2 fully saturated rings. The van der Waals surface area contributed by atoms with Gasteiger partial charge in [-0.05, 0) is 31.6 Å². The zero-order valence-electron chi connectivity index (χ0n) is 12.1. The van der Waals surface area contributed by atoms with E-state index < -0.39 is 0 Å².